The molecule has 0 radical (unpaired) electrons. The van der Waals surface area contributed by atoms with Gasteiger partial charge in [0, 0.05) is 76.0 Å². The molecule has 3 unspecified atom stereocenters. The number of urea groups is 1. The molecule has 0 saturated carbocycles. The number of hydrogen-bond donors (Lipinski definition) is 1. The molecular weight excluding hydrogens is 586 g/mol. The second-order valence-electron chi connectivity index (χ2n) is 12.2. The van der Waals surface area contributed by atoms with Crippen LogP contribution in [0.15, 0.2) is 66.0 Å². The number of aromatic nitrogens is 3. The molecule has 246 valence electrons. The molecule has 2 amide bonds. The van der Waals surface area contributed by atoms with Crippen molar-refractivity contribution in [1.29, 1.82) is 0 Å². The third-order valence-corrected chi connectivity index (χ3v) is 9.27. The van der Waals surface area contributed by atoms with Crippen LogP contribution in [0.4, 0.5) is 21.9 Å². The maximum Gasteiger partial charge on any atom is 0.344 e. The number of carbonyl (C=O) groups is 1. The molecule has 13 nitrogen and oxygen atoms in total. The van der Waals surface area contributed by atoms with Gasteiger partial charge in [0.15, 0.2) is 5.79 Å². The van der Waals surface area contributed by atoms with Crippen molar-refractivity contribution in [2.75, 3.05) is 74.2 Å². The molecule has 2 aromatic carbocycles. The number of rotatable bonds is 12. The fraction of sp³-hybridized carbons (Fsp3) is 0.515. The van der Waals surface area contributed by atoms with E-state index in [4.69, 9.17) is 14.2 Å². The normalized spacial score (nSPS) is 22.3. The zero-order valence-electron chi connectivity index (χ0n) is 27.0. The summed E-state index contributed by atoms with van der Waals surface area (Å²) < 4.78 is 18.8. The summed E-state index contributed by atoms with van der Waals surface area (Å²) in [5.41, 5.74) is 3.14. The van der Waals surface area contributed by atoms with Crippen LogP contribution >= 0.6 is 0 Å². The van der Waals surface area contributed by atoms with Gasteiger partial charge < -0.3 is 29.3 Å². The predicted molar refractivity (Wildman–Crippen MR) is 178 cm³/mol. The molecule has 3 saturated heterocycles. The van der Waals surface area contributed by atoms with Crippen LogP contribution in [0.3, 0.4) is 0 Å². The van der Waals surface area contributed by atoms with Crippen LogP contribution in [0, 0.1) is 5.92 Å². The van der Waals surface area contributed by atoms with Crippen molar-refractivity contribution in [1.82, 2.24) is 25.3 Å². The lowest BCUT2D eigenvalue weighted by Gasteiger charge is -2.41. The molecule has 6 rings (SSSR count). The number of piperazine rings is 1. The number of nitrogens with one attached hydrogen (secondary N) is 1. The van der Waals surface area contributed by atoms with Crippen LogP contribution in [0.1, 0.15) is 20.3 Å². The first-order valence-electron chi connectivity index (χ1n) is 16.1. The summed E-state index contributed by atoms with van der Waals surface area (Å²) in [5.74, 6) is 0.322. The summed E-state index contributed by atoms with van der Waals surface area (Å²) in [4.78, 5) is 20.9. The van der Waals surface area contributed by atoms with Gasteiger partial charge in [0.1, 0.15) is 25.0 Å². The molecule has 13 heteroatoms. The Bertz CT molecular complexity index is 1430. The van der Waals surface area contributed by atoms with E-state index < -0.39 is 5.79 Å². The van der Waals surface area contributed by atoms with Crippen molar-refractivity contribution in [3.8, 4) is 5.75 Å². The third kappa shape index (κ3) is 6.81. The zero-order valence-corrected chi connectivity index (χ0v) is 27.0. The van der Waals surface area contributed by atoms with E-state index in [-0.39, 0.29) is 24.1 Å². The van der Waals surface area contributed by atoms with E-state index in [0.29, 0.717) is 19.8 Å². The number of benzene rings is 2. The zero-order chi connectivity index (χ0) is 32.1. The molecule has 3 atom stereocenters. The second-order valence-corrected chi connectivity index (χ2v) is 12.2. The van der Waals surface area contributed by atoms with E-state index in [1.165, 1.54) is 10.7 Å². The number of ether oxygens (including phenoxy) is 3. The molecule has 0 bridgehead atoms. The van der Waals surface area contributed by atoms with E-state index >= 15 is 0 Å². The van der Waals surface area contributed by atoms with Crippen LogP contribution in [0.25, 0.3) is 0 Å². The Hall–Kier alpha value is -4.20. The molecule has 1 N–H and O–H groups in total. The Morgan fingerprint density at radius 3 is 2.22 bits per heavy atom. The van der Waals surface area contributed by atoms with Crippen LogP contribution < -0.4 is 24.8 Å². The van der Waals surface area contributed by atoms with Crippen molar-refractivity contribution < 1.29 is 19.0 Å². The van der Waals surface area contributed by atoms with E-state index in [2.05, 4.69) is 61.4 Å². The number of nitrogens with zero attached hydrogens (tertiary/aromatic N) is 8. The van der Waals surface area contributed by atoms with E-state index in [0.717, 1.165) is 62.8 Å². The fourth-order valence-electron chi connectivity index (χ4n) is 6.09. The quantitative estimate of drug-likeness (QED) is 0.238. The number of hydrazone groups is 1. The van der Waals surface area contributed by atoms with Gasteiger partial charge in [-0.2, -0.15) is 20.1 Å². The standard InChI is InChI=1S/C33H45N9O4/c1-5-25(2)42(34-3)32(43)38(4)27-6-8-28(9-7-27)39-16-18-40(19-17-39)29-10-12-30(13-11-29)44-22-31-23-45-33(46-31,26-20-35-21-26)24-41-36-14-15-37-41/h6-15,25-26,31,35H,3,5,16-24H2,1-2,4H3. The first-order valence-corrected chi connectivity index (χ1v) is 16.1. The van der Waals surface area contributed by atoms with Crippen LogP contribution in [-0.2, 0) is 16.0 Å². The highest BCUT2D eigenvalue weighted by molar-refractivity contribution is 5.91. The molecule has 1 aromatic heterocycles. The van der Waals surface area contributed by atoms with Gasteiger partial charge in [0.05, 0.1) is 25.0 Å². The minimum Gasteiger partial charge on any atom is -0.491 e. The number of carbonyl (C=O) groups excluding carboxylic acids is 1. The van der Waals surface area contributed by atoms with Gasteiger partial charge in [-0.1, -0.05) is 6.92 Å². The molecule has 0 spiro atoms. The first kappa shape index (κ1) is 31.8. The highest BCUT2D eigenvalue weighted by Gasteiger charge is 2.51. The lowest BCUT2D eigenvalue weighted by molar-refractivity contribution is -0.227. The Kier molecular flexibility index (Phi) is 9.71. The van der Waals surface area contributed by atoms with E-state index in [1.807, 2.05) is 38.1 Å². The van der Waals surface area contributed by atoms with Crippen molar-refractivity contribution in [3.05, 3.63) is 60.9 Å². The number of anilines is 3. The topological polar surface area (TPSA) is 113 Å². The molecule has 3 aliphatic rings. The molecule has 3 aromatic rings. The lowest BCUT2D eigenvalue weighted by Crippen LogP contribution is -2.58. The summed E-state index contributed by atoms with van der Waals surface area (Å²) in [5, 5.41) is 17.2. The van der Waals surface area contributed by atoms with Crippen molar-refractivity contribution in [2.24, 2.45) is 11.0 Å². The van der Waals surface area contributed by atoms with Gasteiger partial charge in [0.2, 0.25) is 0 Å². The van der Waals surface area contributed by atoms with Crippen molar-refractivity contribution in [3.63, 3.8) is 0 Å². The maximum atomic E-state index is 12.9. The first-order chi connectivity index (χ1) is 22.4. The van der Waals surface area contributed by atoms with Gasteiger partial charge in [0.25, 0.3) is 0 Å². The van der Waals surface area contributed by atoms with Crippen LogP contribution in [0.5, 0.6) is 5.75 Å². The summed E-state index contributed by atoms with van der Waals surface area (Å²) in [6.45, 7) is 14.2. The Morgan fingerprint density at radius 1 is 1.07 bits per heavy atom. The van der Waals surface area contributed by atoms with Gasteiger partial charge in [-0.05, 0) is 61.9 Å². The fourth-order valence-corrected chi connectivity index (χ4v) is 6.09. The van der Waals surface area contributed by atoms with E-state index in [9.17, 15) is 4.79 Å². The minimum atomic E-state index is -0.736. The molecule has 4 heterocycles. The van der Waals surface area contributed by atoms with Crippen LogP contribution in [0.2, 0.25) is 0 Å². The van der Waals surface area contributed by atoms with Crippen molar-refractivity contribution in [2.45, 2.75) is 44.7 Å². The van der Waals surface area contributed by atoms with Gasteiger partial charge in [-0.25, -0.2) is 9.80 Å². The third-order valence-electron chi connectivity index (χ3n) is 9.27. The molecule has 46 heavy (non-hydrogen) atoms. The molecule has 3 fully saturated rings. The lowest BCUT2D eigenvalue weighted by atomic mass is 9.92. The maximum absolute atomic E-state index is 12.9. The molecule has 0 aliphatic carbocycles. The van der Waals surface area contributed by atoms with Crippen molar-refractivity contribution >= 4 is 29.8 Å². The summed E-state index contributed by atoms with van der Waals surface area (Å²) in [6, 6.07) is 16.2. The average molecular weight is 632 g/mol. The largest absolute Gasteiger partial charge is 0.491 e. The Morgan fingerprint density at radius 2 is 1.67 bits per heavy atom. The predicted octanol–water partition coefficient (Wildman–Crippen LogP) is 3.29. The smallest absolute Gasteiger partial charge is 0.344 e. The molecule has 3 aliphatic heterocycles. The Labute approximate surface area is 270 Å². The molecular formula is C33H45N9O4. The highest BCUT2D eigenvalue weighted by atomic mass is 16.8. The van der Waals surface area contributed by atoms with E-state index in [1.54, 1.807) is 29.1 Å². The second kappa shape index (κ2) is 14.1. The van der Waals surface area contributed by atoms with Gasteiger partial charge in [-0.15, -0.1) is 0 Å². The minimum absolute atomic E-state index is 0.0131. The number of hydrogen-bond acceptors (Lipinski definition) is 10. The monoisotopic (exact) mass is 631 g/mol. The van der Waals surface area contributed by atoms with Gasteiger partial charge in [-0.3, -0.25) is 4.90 Å². The SMILES string of the molecule is C=NN(C(=O)N(C)c1ccc(N2CCN(c3ccc(OCC4COC(Cn5nccn5)(C5CNC5)O4)cc3)CC2)cc1)C(C)CC. The number of amides is 2. The summed E-state index contributed by atoms with van der Waals surface area (Å²) >= 11 is 0. The average Bonchev–Trinajstić information content (AvgIpc) is 3.73. The summed E-state index contributed by atoms with van der Waals surface area (Å²) in [6.07, 6.45) is 3.97. The summed E-state index contributed by atoms with van der Waals surface area (Å²) in [7, 11) is 1.77. The van der Waals surface area contributed by atoms with Gasteiger partial charge >= 0.3 is 6.03 Å². The Balaban J connectivity index is 0.970. The highest BCUT2D eigenvalue weighted by Crippen LogP contribution is 2.35. The van der Waals surface area contributed by atoms with Crippen LogP contribution in [-0.4, -0.2) is 110 Å².